The molecule has 0 bridgehead atoms. The molecule has 0 aliphatic carbocycles. The Morgan fingerprint density at radius 3 is 1.92 bits per heavy atom. The molecule has 0 aliphatic rings. The van der Waals surface area contributed by atoms with Gasteiger partial charge in [-0.25, -0.2) is 0 Å². The first-order valence-corrected chi connectivity index (χ1v) is 8.68. The first-order chi connectivity index (χ1) is 11.8. The molecular formula is C21H19BrO2. The van der Waals surface area contributed by atoms with Crippen molar-refractivity contribution in [3.8, 4) is 5.75 Å². The molecule has 0 aromatic heterocycles. The summed E-state index contributed by atoms with van der Waals surface area (Å²) < 4.78 is 12.8. The van der Waals surface area contributed by atoms with Gasteiger partial charge >= 0.3 is 0 Å². The van der Waals surface area contributed by atoms with Crippen molar-refractivity contribution in [1.29, 1.82) is 0 Å². The molecule has 0 saturated carbocycles. The van der Waals surface area contributed by atoms with E-state index in [4.69, 9.17) is 9.47 Å². The second-order valence-corrected chi connectivity index (χ2v) is 6.34. The molecule has 2 nitrogen and oxygen atoms in total. The van der Waals surface area contributed by atoms with Gasteiger partial charge in [0.1, 0.15) is 12.4 Å². The normalized spacial score (nSPS) is 10.5. The molecule has 24 heavy (non-hydrogen) atoms. The Morgan fingerprint density at radius 1 is 0.625 bits per heavy atom. The molecule has 0 radical (unpaired) electrons. The Bertz CT molecular complexity index is 757. The lowest BCUT2D eigenvalue weighted by atomic mass is 10.2. The van der Waals surface area contributed by atoms with Crippen molar-refractivity contribution in [1.82, 2.24) is 0 Å². The molecule has 3 aromatic carbocycles. The molecule has 0 amide bonds. The molecule has 122 valence electrons. The van der Waals surface area contributed by atoms with E-state index in [2.05, 4.69) is 40.2 Å². The van der Waals surface area contributed by atoms with Crippen LogP contribution < -0.4 is 4.74 Å². The highest BCUT2D eigenvalue weighted by molar-refractivity contribution is 9.10. The van der Waals surface area contributed by atoms with E-state index in [1.807, 2.05) is 54.6 Å². The van der Waals surface area contributed by atoms with E-state index in [-0.39, 0.29) is 0 Å². The summed E-state index contributed by atoms with van der Waals surface area (Å²) >= 11 is 3.58. The molecule has 3 heteroatoms. The highest BCUT2D eigenvalue weighted by Crippen LogP contribution is 2.30. The number of ether oxygens (including phenoxy) is 2. The first-order valence-electron chi connectivity index (χ1n) is 7.89. The van der Waals surface area contributed by atoms with Gasteiger partial charge in [0.05, 0.1) is 17.7 Å². The molecule has 0 heterocycles. The Morgan fingerprint density at radius 2 is 1.25 bits per heavy atom. The summed E-state index contributed by atoms with van der Waals surface area (Å²) in [7, 11) is 0. The SMILES string of the molecule is Brc1cccc(COCc2ccccc2)c1OCc1ccccc1. The standard InChI is InChI=1S/C21H19BrO2/c22-20-13-7-12-19(16-23-14-17-8-3-1-4-9-17)21(20)24-15-18-10-5-2-6-11-18/h1-13H,14-16H2. The van der Waals surface area contributed by atoms with Crippen molar-refractivity contribution in [3.05, 3.63) is 100 Å². The third kappa shape index (κ3) is 4.70. The van der Waals surface area contributed by atoms with Gasteiger partial charge in [0.2, 0.25) is 0 Å². The van der Waals surface area contributed by atoms with Crippen LogP contribution >= 0.6 is 15.9 Å². The van der Waals surface area contributed by atoms with E-state index in [9.17, 15) is 0 Å². The summed E-state index contributed by atoms with van der Waals surface area (Å²) in [4.78, 5) is 0. The van der Waals surface area contributed by atoms with E-state index in [0.717, 1.165) is 21.3 Å². The summed E-state index contributed by atoms with van der Waals surface area (Å²) in [6.07, 6.45) is 0. The summed E-state index contributed by atoms with van der Waals surface area (Å²) in [5.41, 5.74) is 3.35. The molecule has 0 spiro atoms. The molecule has 3 aromatic rings. The largest absolute Gasteiger partial charge is 0.487 e. The number of halogens is 1. The maximum atomic E-state index is 6.03. The zero-order valence-corrected chi connectivity index (χ0v) is 14.9. The van der Waals surface area contributed by atoms with Crippen molar-refractivity contribution in [2.45, 2.75) is 19.8 Å². The zero-order valence-electron chi connectivity index (χ0n) is 13.3. The molecule has 0 unspecified atom stereocenters. The first kappa shape index (κ1) is 16.7. The fourth-order valence-electron chi connectivity index (χ4n) is 2.41. The van der Waals surface area contributed by atoms with Crippen molar-refractivity contribution in [2.75, 3.05) is 0 Å². The zero-order chi connectivity index (χ0) is 16.6. The molecule has 0 fully saturated rings. The summed E-state index contributed by atoms with van der Waals surface area (Å²) in [5, 5.41) is 0. The number of hydrogen-bond acceptors (Lipinski definition) is 2. The predicted octanol–water partition coefficient (Wildman–Crippen LogP) is 5.74. The van der Waals surface area contributed by atoms with Crippen molar-refractivity contribution < 1.29 is 9.47 Å². The van der Waals surface area contributed by atoms with Crippen LogP contribution in [-0.2, 0) is 24.6 Å². The van der Waals surface area contributed by atoms with Crippen LogP contribution in [0.25, 0.3) is 0 Å². The summed E-state index contributed by atoms with van der Waals surface area (Å²) in [6.45, 7) is 1.64. The summed E-state index contributed by atoms with van der Waals surface area (Å²) in [6, 6.07) is 26.4. The van der Waals surface area contributed by atoms with Gasteiger partial charge < -0.3 is 9.47 Å². The molecule has 3 rings (SSSR count). The second kappa shape index (κ2) is 8.67. The van der Waals surface area contributed by atoms with Gasteiger partial charge in [-0.15, -0.1) is 0 Å². The molecular weight excluding hydrogens is 364 g/mol. The lowest BCUT2D eigenvalue weighted by Crippen LogP contribution is -2.01. The lowest BCUT2D eigenvalue weighted by Gasteiger charge is -2.14. The second-order valence-electron chi connectivity index (χ2n) is 5.48. The fraction of sp³-hybridized carbons (Fsp3) is 0.143. The van der Waals surface area contributed by atoms with E-state index in [1.165, 1.54) is 5.56 Å². The van der Waals surface area contributed by atoms with Crippen LogP contribution in [0.2, 0.25) is 0 Å². The van der Waals surface area contributed by atoms with Crippen molar-refractivity contribution >= 4 is 15.9 Å². The monoisotopic (exact) mass is 382 g/mol. The number of hydrogen-bond donors (Lipinski definition) is 0. The van der Waals surface area contributed by atoms with Gasteiger partial charge in [0.15, 0.2) is 0 Å². The van der Waals surface area contributed by atoms with Gasteiger partial charge in [0.25, 0.3) is 0 Å². The average molecular weight is 383 g/mol. The quantitative estimate of drug-likeness (QED) is 0.518. The smallest absolute Gasteiger partial charge is 0.139 e. The van der Waals surface area contributed by atoms with Crippen LogP contribution in [0.15, 0.2) is 83.3 Å². The minimum Gasteiger partial charge on any atom is -0.487 e. The maximum absolute atomic E-state index is 6.03. The highest BCUT2D eigenvalue weighted by atomic mass is 79.9. The van der Waals surface area contributed by atoms with E-state index in [1.54, 1.807) is 0 Å². The Kier molecular flexibility index (Phi) is 6.05. The van der Waals surface area contributed by atoms with Crippen LogP contribution in [0.4, 0.5) is 0 Å². The van der Waals surface area contributed by atoms with Gasteiger partial charge in [-0.05, 0) is 33.1 Å². The van der Waals surface area contributed by atoms with Crippen LogP contribution in [0.3, 0.4) is 0 Å². The third-order valence-electron chi connectivity index (χ3n) is 3.64. The Balaban J connectivity index is 1.63. The van der Waals surface area contributed by atoms with Crippen molar-refractivity contribution in [3.63, 3.8) is 0 Å². The number of para-hydroxylation sites is 1. The van der Waals surface area contributed by atoms with E-state index in [0.29, 0.717) is 19.8 Å². The van der Waals surface area contributed by atoms with Crippen LogP contribution in [0.1, 0.15) is 16.7 Å². The summed E-state index contributed by atoms with van der Waals surface area (Å²) in [5.74, 6) is 0.842. The number of rotatable bonds is 7. The maximum Gasteiger partial charge on any atom is 0.139 e. The van der Waals surface area contributed by atoms with Crippen LogP contribution in [0, 0.1) is 0 Å². The van der Waals surface area contributed by atoms with E-state index < -0.39 is 0 Å². The molecule has 0 atom stereocenters. The Hall–Kier alpha value is -2.10. The average Bonchev–Trinajstić information content (AvgIpc) is 2.63. The molecule has 0 aliphatic heterocycles. The minimum atomic E-state index is 0.512. The van der Waals surface area contributed by atoms with Gasteiger partial charge in [-0.1, -0.05) is 72.8 Å². The highest BCUT2D eigenvalue weighted by Gasteiger charge is 2.09. The number of benzene rings is 3. The molecule has 0 saturated heterocycles. The topological polar surface area (TPSA) is 18.5 Å². The predicted molar refractivity (Wildman–Crippen MR) is 99.9 cm³/mol. The van der Waals surface area contributed by atoms with Crippen LogP contribution in [-0.4, -0.2) is 0 Å². The molecule has 0 N–H and O–H groups in total. The lowest BCUT2D eigenvalue weighted by molar-refractivity contribution is 0.104. The third-order valence-corrected chi connectivity index (χ3v) is 4.27. The van der Waals surface area contributed by atoms with Gasteiger partial charge in [-0.2, -0.15) is 0 Å². The minimum absolute atomic E-state index is 0.512. The van der Waals surface area contributed by atoms with Crippen molar-refractivity contribution in [2.24, 2.45) is 0 Å². The van der Waals surface area contributed by atoms with Gasteiger partial charge in [0, 0.05) is 5.56 Å². The fourth-order valence-corrected chi connectivity index (χ4v) is 2.93. The van der Waals surface area contributed by atoms with Crippen LogP contribution in [0.5, 0.6) is 5.75 Å². The van der Waals surface area contributed by atoms with Gasteiger partial charge in [-0.3, -0.25) is 0 Å². The van der Waals surface area contributed by atoms with E-state index >= 15 is 0 Å². The Labute approximate surface area is 151 Å².